The summed E-state index contributed by atoms with van der Waals surface area (Å²) in [5.41, 5.74) is 6.72. The van der Waals surface area contributed by atoms with Crippen LogP contribution in [-0.2, 0) is 12.5 Å². The summed E-state index contributed by atoms with van der Waals surface area (Å²) < 4.78 is 17.2. The minimum Gasteiger partial charge on any atom is -0.235 e. The van der Waals surface area contributed by atoms with Gasteiger partial charge >= 0.3 is 0 Å². The number of hydrogen-bond donors (Lipinski definition) is 0. The van der Waals surface area contributed by atoms with Crippen LogP contribution in [0.4, 0.5) is 10.1 Å². The van der Waals surface area contributed by atoms with Gasteiger partial charge in [-0.3, -0.25) is 0 Å². The average Bonchev–Trinajstić information content (AvgIpc) is 2.84. The Morgan fingerprint density at radius 3 is 2.38 bits per heavy atom. The Labute approximate surface area is 153 Å². The van der Waals surface area contributed by atoms with Crippen molar-refractivity contribution in [3.63, 3.8) is 0 Å². The van der Waals surface area contributed by atoms with Gasteiger partial charge in [-0.15, -0.1) is 0 Å². The molecule has 3 aromatic rings. The van der Waals surface area contributed by atoms with Crippen molar-refractivity contribution < 1.29 is 8.96 Å². The molecule has 0 amide bonds. The fourth-order valence-electron chi connectivity index (χ4n) is 4.31. The van der Waals surface area contributed by atoms with E-state index in [-0.39, 0.29) is 11.5 Å². The van der Waals surface area contributed by atoms with E-state index in [0.29, 0.717) is 5.56 Å². The molecule has 2 aromatic carbocycles. The molecule has 0 saturated heterocycles. The summed E-state index contributed by atoms with van der Waals surface area (Å²) in [5, 5.41) is 0. The molecular formula is C23H20FN2+. The molecule has 128 valence electrons. The first-order chi connectivity index (χ1) is 12.4. The molecule has 1 aromatic heterocycles. The maximum atomic E-state index is 15.1. The number of halogens is 1. The predicted molar refractivity (Wildman–Crippen MR) is 102 cm³/mol. The van der Waals surface area contributed by atoms with Gasteiger partial charge in [0, 0.05) is 17.5 Å². The Morgan fingerprint density at radius 2 is 1.69 bits per heavy atom. The van der Waals surface area contributed by atoms with E-state index in [1.807, 2.05) is 31.4 Å². The molecular weight excluding hydrogens is 323 g/mol. The van der Waals surface area contributed by atoms with Crippen molar-refractivity contribution in [2.75, 3.05) is 0 Å². The first-order valence-corrected chi connectivity index (χ1v) is 8.68. The Morgan fingerprint density at radius 1 is 1.00 bits per heavy atom. The zero-order chi connectivity index (χ0) is 18.6. The van der Waals surface area contributed by atoms with E-state index in [4.69, 9.17) is 6.57 Å². The summed E-state index contributed by atoms with van der Waals surface area (Å²) in [7, 11) is 2.03. The van der Waals surface area contributed by atoms with E-state index in [2.05, 4.69) is 48.4 Å². The normalized spacial score (nSPS) is 13.8. The molecule has 0 bridgehead atoms. The monoisotopic (exact) mass is 343 g/mol. The number of benzene rings is 2. The highest BCUT2D eigenvalue weighted by Crippen LogP contribution is 2.54. The molecule has 0 aliphatic heterocycles. The highest BCUT2D eigenvalue weighted by molar-refractivity contribution is 5.89. The smallest absolute Gasteiger partial charge is 0.222 e. The average molecular weight is 343 g/mol. The largest absolute Gasteiger partial charge is 0.235 e. The molecule has 2 nitrogen and oxygen atoms in total. The second-order valence-electron chi connectivity index (χ2n) is 7.43. The molecule has 0 atom stereocenters. The first kappa shape index (κ1) is 16.5. The molecule has 0 N–H and O–H groups in total. The summed E-state index contributed by atoms with van der Waals surface area (Å²) in [6, 6.07) is 13.8. The molecule has 0 fully saturated rings. The molecule has 1 heterocycles. The number of rotatable bonds is 1. The molecule has 0 spiro atoms. The van der Waals surface area contributed by atoms with Crippen molar-refractivity contribution in [1.29, 1.82) is 0 Å². The van der Waals surface area contributed by atoms with E-state index in [9.17, 15) is 0 Å². The van der Waals surface area contributed by atoms with Gasteiger partial charge < -0.3 is 0 Å². The third-order valence-corrected chi connectivity index (χ3v) is 5.51. The minimum atomic E-state index is -0.514. The van der Waals surface area contributed by atoms with Crippen LogP contribution >= 0.6 is 0 Å². The minimum absolute atomic E-state index is 0.0909. The van der Waals surface area contributed by atoms with Crippen molar-refractivity contribution in [1.82, 2.24) is 0 Å². The Balaban J connectivity index is 2.12. The van der Waals surface area contributed by atoms with Crippen molar-refractivity contribution in [3.8, 4) is 22.4 Å². The second-order valence-corrected chi connectivity index (χ2v) is 7.43. The molecule has 4 rings (SSSR count). The highest BCUT2D eigenvalue weighted by Gasteiger charge is 2.42. The van der Waals surface area contributed by atoms with E-state index >= 15 is 4.39 Å². The number of hydrogen-bond acceptors (Lipinski definition) is 0. The fourth-order valence-corrected chi connectivity index (χ4v) is 4.31. The summed E-state index contributed by atoms with van der Waals surface area (Å²) in [6.07, 6.45) is 2.03. The van der Waals surface area contributed by atoms with Crippen LogP contribution in [0.15, 0.2) is 48.7 Å². The van der Waals surface area contributed by atoms with Gasteiger partial charge in [0.1, 0.15) is 12.9 Å². The van der Waals surface area contributed by atoms with E-state index < -0.39 is 5.41 Å². The topological polar surface area (TPSA) is 8.24 Å². The number of fused-ring (bicyclic) bond motifs is 3. The zero-order valence-electron chi connectivity index (χ0n) is 15.4. The highest BCUT2D eigenvalue weighted by atomic mass is 19.1. The Hall–Kier alpha value is -2.99. The predicted octanol–water partition coefficient (Wildman–Crippen LogP) is 5.48. The third kappa shape index (κ3) is 2.05. The van der Waals surface area contributed by atoms with Gasteiger partial charge in [0.25, 0.3) is 0 Å². The van der Waals surface area contributed by atoms with Gasteiger partial charge in [0.05, 0.1) is 12.1 Å². The molecule has 0 saturated carbocycles. The van der Waals surface area contributed by atoms with Crippen molar-refractivity contribution in [3.05, 3.63) is 82.6 Å². The lowest BCUT2D eigenvalue weighted by Gasteiger charge is -2.25. The van der Waals surface area contributed by atoms with Crippen LogP contribution in [-0.4, -0.2) is 0 Å². The summed E-state index contributed by atoms with van der Waals surface area (Å²) >= 11 is 0. The molecule has 0 radical (unpaired) electrons. The first-order valence-electron chi connectivity index (χ1n) is 8.68. The lowest BCUT2D eigenvalue weighted by molar-refractivity contribution is -0.660. The maximum Gasteiger partial charge on any atom is 0.222 e. The summed E-state index contributed by atoms with van der Waals surface area (Å²) in [4.78, 5) is 3.36. The number of aromatic nitrogens is 1. The van der Waals surface area contributed by atoms with Crippen LogP contribution in [0.5, 0.6) is 0 Å². The molecule has 1 aliphatic carbocycles. The van der Waals surface area contributed by atoms with Gasteiger partial charge in [0.15, 0.2) is 6.20 Å². The van der Waals surface area contributed by atoms with Gasteiger partial charge in [0.2, 0.25) is 11.4 Å². The second kappa shape index (κ2) is 5.51. The third-order valence-electron chi connectivity index (χ3n) is 5.51. The molecule has 1 aliphatic rings. The Bertz CT molecular complexity index is 1100. The lowest BCUT2D eigenvalue weighted by atomic mass is 9.78. The van der Waals surface area contributed by atoms with E-state index in [1.165, 1.54) is 0 Å². The van der Waals surface area contributed by atoms with Gasteiger partial charge in [-0.25, -0.2) is 13.8 Å². The van der Waals surface area contributed by atoms with Crippen LogP contribution in [0, 0.1) is 19.3 Å². The summed E-state index contributed by atoms with van der Waals surface area (Å²) in [6.45, 7) is 13.5. The van der Waals surface area contributed by atoms with E-state index in [0.717, 1.165) is 33.5 Å². The Kier molecular flexibility index (Phi) is 3.49. The fraction of sp³-hybridized carbons (Fsp3) is 0.217. The van der Waals surface area contributed by atoms with Gasteiger partial charge in [-0.1, -0.05) is 38.1 Å². The molecule has 0 unspecified atom stereocenters. The summed E-state index contributed by atoms with van der Waals surface area (Å²) in [5.74, 6) is -0.389. The number of pyridine rings is 1. The van der Waals surface area contributed by atoms with Crippen LogP contribution in [0.3, 0.4) is 0 Å². The van der Waals surface area contributed by atoms with Gasteiger partial charge in [-0.2, -0.15) is 0 Å². The van der Waals surface area contributed by atoms with Crippen LogP contribution in [0.25, 0.3) is 27.2 Å². The van der Waals surface area contributed by atoms with Crippen molar-refractivity contribution in [2.45, 2.75) is 26.2 Å². The van der Waals surface area contributed by atoms with Crippen LogP contribution in [0.2, 0.25) is 0 Å². The van der Waals surface area contributed by atoms with Crippen molar-refractivity contribution in [2.24, 2.45) is 7.05 Å². The number of nitrogens with zero attached hydrogens (tertiary/aromatic N) is 2. The lowest BCUT2D eigenvalue weighted by Crippen LogP contribution is -2.31. The van der Waals surface area contributed by atoms with Crippen LogP contribution in [0.1, 0.15) is 30.5 Å². The quantitative estimate of drug-likeness (QED) is 0.408. The zero-order valence-corrected chi connectivity index (χ0v) is 15.4. The maximum absolute atomic E-state index is 15.1. The van der Waals surface area contributed by atoms with Crippen LogP contribution < -0.4 is 4.57 Å². The van der Waals surface area contributed by atoms with E-state index in [1.54, 1.807) is 6.07 Å². The van der Waals surface area contributed by atoms with Gasteiger partial charge in [-0.05, 0) is 40.8 Å². The standard InChI is InChI=1S/C23H20FN2/c1-14-9-10-15-16-11-12-17(25-4)22(24)21(16)23(2,3)20(15)19(14)18-8-6-7-13-26(18)5/h6-13H,1-3,5H3/q+1. The van der Waals surface area contributed by atoms with Crippen molar-refractivity contribution >= 4 is 5.69 Å². The number of aryl methyl sites for hydroxylation is 2. The molecule has 26 heavy (non-hydrogen) atoms. The molecule has 3 heteroatoms. The SMILES string of the molecule is [C-]#[N+]c1ccc2c(c1F)C(C)(C)c1c-2ccc(C)c1-c1cccc[n+]1C.